The molecule has 0 aromatic carbocycles. The lowest BCUT2D eigenvalue weighted by Gasteiger charge is -2.16. The summed E-state index contributed by atoms with van der Waals surface area (Å²) in [5.74, 6) is 0.407. The van der Waals surface area contributed by atoms with E-state index < -0.39 is 18.3 Å². The van der Waals surface area contributed by atoms with Crippen LogP contribution in [0.4, 0.5) is 0 Å². The SMILES string of the molecule is CC(C)CC1OC(CO)C(O)C1O. The first kappa shape index (κ1) is 10.9. The molecule has 0 radical (unpaired) electrons. The van der Waals surface area contributed by atoms with Gasteiger partial charge in [0.15, 0.2) is 0 Å². The van der Waals surface area contributed by atoms with E-state index in [1.165, 1.54) is 0 Å². The smallest absolute Gasteiger partial charge is 0.111 e. The zero-order valence-corrected chi connectivity index (χ0v) is 8.05. The van der Waals surface area contributed by atoms with E-state index in [1.54, 1.807) is 0 Å². The Kier molecular flexibility index (Phi) is 3.67. The quantitative estimate of drug-likeness (QED) is 0.562. The highest BCUT2D eigenvalue weighted by Crippen LogP contribution is 2.25. The molecule has 0 aromatic rings. The number of hydrogen-bond acceptors (Lipinski definition) is 4. The summed E-state index contributed by atoms with van der Waals surface area (Å²) in [5, 5.41) is 27.7. The van der Waals surface area contributed by atoms with E-state index in [2.05, 4.69) is 0 Å². The zero-order chi connectivity index (χ0) is 10.0. The lowest BCUT2D eigenvalue weighted by Crippen LogP contribution is -2.34. The second-order valence-corrected chi connectivity index (χ2v) is 4.01. The maximum Gasteiger partial charge on any atom is 0.111 e. The van der Waals surface area contributed by atoms with Crippen LogP contribution in [0.2, 0.25) is 0 Å². The van der Waals surface area contributed by atoms with Gasteiger partial charge >= 0.3 is 0 Å². The summed E-state index contributed by atoms with van der Waals surface area (Å²) >= 11 is 0. The predicted octanol–water partition coefficient (Wildman–Crippen LogP) is -0.486. The van der Waals surface area contributed by atoms with Crippen LogP contribution >= 0.6 is 0 Å². The van der Waals surface area contributed by atoms with Crippen LogP contribution in [-0.2, 0) is 4.74 Å². The minimum absolute atomic E-state index is 0.243. The summed E-state index contributed by atoms with van der Waals surface area (Å²) in [6.07, 6.45) is -2.08. The fourth-order valence-corrected chi connectivity index (χ4v) is 1.64. The molecular formula is C9H18O4. The van der Waals surface area contributed by atoms with Gasteiger partial charge in [0.25, 0.3) is 0 Å². The molecule has 0 spiro atoms. The molecule has 1 aliphatic rings. The molecule has 1 aliphatic heterocycles. The molecule has 4 heteroatoms. The first-order valence-corrected chi connectivity index (χ1v) is 4.68. The Morgan fingerprint density at radius 3 is 2.08 bits per heavy atom. The Morgan fingerprint density at radius 1 is 1.15 bits per heavy atom. The molecule has 1 saturated heterocycles. The van der Waals surface area contributed by atoms with Crippen LogP contribution in [0.3, 0.4) is 0 Å². The Morgan fingerprint density at radius 2 is 1.69 bits per heavy atom. The van der Waals surface area contributed by atoms with E-state index in [0.29, 0.717) is 12.3 Å². The van der Waals surface area contributed by atoms with Gasteiger partial charge in [0.2, 0.25) is 0 Å². The number of ether oxygens (including phenoxy) is 1. The van der Waals surface area contributed by atoms with Crippen LogP contribution < -0.4 is 0 Å². The molecule has 3 N–H and O–H groups in total. The molecule has 0 bridgehead atoms. The van der Waals surface area contributed by atoms with E-state index in [1.807, 2.05) is 13.8 Å². The number of hydrogen-bond donors (Lipinski definition) is 3. The normalized spacial score (nSPS) is 40.2. The summed E-state index contributed by atoms with van der Waals surface area (Å²) in [4.78, 5) is 0. The summed E-state index contributed by atoms with van der Waals surface area (Å²) in [5.41, 5.74) is 0. The summed E-state index contributed by atoms with van der Waals surface area (Å²) < 4.78 is 5.30. The Labute approximate surface area is 78.1 Å². The van der Waals surface area contributed by atoms with Gasteiger partial charge in [-0.25, -0.2) is 0 Å². The van der Waals surface area contributed by atoms with Gasteiger partial charge in [-0.15, -0.1) is 0 Å². The van der Waals surface area contributed by atoms with Crippen LogP contribution in [0.1, 0.15) is 20.3 Å². The Hall–Kier alpha value is -0.160. The standard InChI is InChI=1S/C9H18O4/c1-5(2)3-6-8(11)9(12)7(4-10)13-6/h5-12H,3-4H2,1-2H3. The third-order valence-electron chi connectivity index (χ3n) is 2.34. The van der Waals surface area contributed by atoms with Crippen molar-refractivity contribution in [2.24, 2.45) is 5.92 Å². The van der Waals surface area contributed by atoms with Crippen LogP contribution in [0.5, 0.6) is 0 Å². The average molecular weight is 190 g/mol. The molecule has 0 saturated carbocycles. The largest absolute Gasteiger partial charge is 0.394 e. The van der Waals surface area contributed by atoms with E-state index >= 15 is 0 Å². The monoisotopic (exact) mass is 190 g/mol. The molecule has 0 aliphatic carbocycles. The van der Waals surface area contributed by atoms with Crippen LogP contribution in [0, 0.1) is 5.92 Å². The zero-order valence-electron chi connectivity index (χ0n) is 8.05. The third-order valence-corrected chi connectivity index (χ3v) is 2.34. The van der Waals surface area contributed by atoms with Crippen LogP contribution in [0.15, 0.2) is 0 Å². The van der Waals surface area contributed by atoms with Crippen molar-refractivity contribution in [1.82, 2.24) is 0 Å². The van der Waals surface area contributed by atoms with Crippen LogP contribution in [-0.4, -0.2) is 46.3 Å². The van der Waals surface area contributed by atoms with Gasteiger partial charge in [-0.2, -0.15) is 0 Å². The number of aliphatic hydroxyl groups is 3. The number of aliphatic hydroxyl groups excluding tert-OH is 3. The van der Waals surface area contributed by atoms with E-state index in [0.717, 1.165) is 0 Å². The molecule has 1 heterocycles. The molecule has 78 valence electrons. The summed E-state index contributed by atoms with van der Waals surface area (Å²) in [6, 6.07) is 0. The van der Waals surface area contributed by atoms with Crippen molar-refractivity contribution < 1.29 is 20.1 Å². The second kappa shape index (κ2) is 4.37. The predicted molar refractivity (Wildman–Crippen MR) is 47.2 cm³/mol. The minimum Gasteiger partial charge on any atom is -0.394 e. The molecule has 0 aromatic heterocycles. The lowest BCUT2D eigenvalue weighted by molar-refractivity contribution is -0.0273. The van der Waals surface area contributed by atoms with E-state index in [4.69, 9.17) is 9.84 Å². The minimum atomic E-state index is -0.950. The summed E-state index contributed by atoms with van der Waals surface area (Å²) in [6.45, 7) is 3.80. The Bertz CT molecular complexity index is 160. The van der Waals surface area contributed by atoms with Crippen molar-refractivity contribution in [1.29, 1.82) is 0 Å². The molecule has 4 unspecified atom stereocenters. The van der Waals surface area contributed by atoms with Gasteiger partial charge < -0.3 is 20.1 Å². The topological polar surface area (TPSA) is 69.9 Å². The fraction of sp³-hybridized carbons (Fsp3) is 1.00. The van der Waals surface area contributed by atoms with Crippen molar-refractivity contribution in [2.75, 3.05) is 6.61 Å². The average Bonchev–Trinajstić information content (AvgIpc) is 2.32. The number of rotatable bonds is 3. The van der Waals surface area contributed by atoms with Gasteiger partial charge in [-0.05, 0) is 12.3 Å². The molecule has 13 heavy (non-hydrogen) atoms. The fourth-order valence-electron chi connectivity index (χ4n) is 1.64. The van der Waals surface area contributed by atoms with E-state index in [9.17, 15) is 10.2 Å². The van der Waals surface area contributed by atoms with Crippen molar-refractivity contribution in [3.63, 3.8) is 0 Å². The van der Waals surface area contributed by atoms with Crippen LogP contribution in [0.25, 0.3) is 0 Å². The van der Waals surface area contributed by atoms with E-state index in [-0.39, 0.29) is 12.7 Å². The maximum atomic E-state index is 9.52. The first-order chi connectivity index (χ1) is 6.06. The third kappa shape index (κ3) is 2.40. The highest BCUT2D eigenvalue weighted by Gasteiger charge is 2.41. The maximum absolute atomic E-state index is 9.52. The van der Waals surface area contributed by atoms with Gasteiger partial charge in [-0.3, -0.25) is 0 Å². The molecule has 4 atom stereocenters. The van der Waals surface area contributed by atoms with Gasteiger partial charge in [0.1, 0.15) is 18.3 Å². The first-order valence-electron chi connectivity index (χ1n) is 4.68. The highest BCUT2D eigenvalue weighted by atomic mass is 16.6. The lowest BCUT2D eigenvalue weighted by atomic mass is 10.00. The summed E-state index contributed by atoms with van der Waals surface area (Å²) in [7, 11) is 0. The molecule has 4 nitrogen and oxygen atoms in total. The Balaban J connectivity index is 2.50. The van der Waals surface area contributed by atoms with Gasteiger partial charge in [-0.1, -0.05) is 13.8 Å². The molecule has 1 rings (SSSR count). The van der Waals surface area contributed by atoms with Gasteiger partial charge in [0.05, 0.1) is 12.7 Å². The molecular weight excluding hydrogens is 172 g/mol. The molecule has 1 fully saturated rings. The van der Waals surface area contributed by atoms with Crippen molar-refractivity contribution in [3.8, 4) is 0 Å². The van der Waals surface area contributed by atoms with Crippen molar-refractivity contribution in [2.45, 2.75) is 44.7 Å². The van der Waals surface area contributed by atoms with Gasteiger partial charge in [0, 0.05) is 0 Å². The van der Waals surface area contributed by atoms with Crippen molar-refractivity contribution >= 4 is 0 Å². The van der Waals surface area contributed by atoms with Crippen molar-refractivity contribution in [3.05, 3.63) is 0 Å². The second-order valence-electron chi connectivity index (χ2n) is 4.01. The highest BCUT2D eigenvalue weighted by molar-refractivity contribution is 4.90. The molecule has 0 amide bonds.